The van der Waals surface area contributed by atoms with Gasteiger partial charge in [-0.3, -0.25) is 9.48 Å². The Balaban J connectivity index is 1.76. The first kappa shape index (κ1) is 19.3. The Morgan fingerprint density at radius 2 is 2.16 bits per heavy atom. The van der Waals surface area contributed by atoms with Gasteiger partial charge in [0.05, 0.1) is 17.8 Å². The summed E-state index contributed by atoms with van der Waals surface area (Å²) < 4.78 is 42.4. The van der Waals surface area contributed by atoms with Crippen molar-refractivity contribution in [1.29, 1.82) is 0 Å². The third-order valence-electron chi connectivity index (χ3n) is 3.17. The number of aryl methyl sites for hydroxylation is 1. The first-order valence-electron chi connectivity index (χ1n) is 7.53. The number of hydrogen-bond donors (Lipinski definition) is 1. The predicted molar refractivity (Wildman–Crippen MR) is 86.3 cm³/mol. The van der Waals surface area contributed by atoms with E-state index in [0.29, 0.717) is 35.7 Å². The molecule has 0 bridgehead atoms. The number of carbonyl (C=O) groups is 1. The van der Waals surface area contributed by atoms with Crippen molar-refractivity contribution in [2.24, 2.45) is 0 Å². The highest BCUT2D eigenvalue weighted by molar-refractivity contribution is 6.30. The van der Waals surface area contributed by atoms with Crippen LogP contribution in [0.15, 0.2) is 36.7 Å². The van der Waals surface area contributed by atoms with Crippen molar-refractivity contribution in [2.75, 3.05) is 13.2 Å². The van der Waals surface area contributed by atoms with Gasteiger partial charge in [-0.2, -0.15) is 18.3 Å². The topological polar surface area (TPSA) is 56.2 Å². The van der Waals surface area contributed by atoms with Gasteiger partial charge in [-0.1, -0.05) is 23.7 Å². The molecule has 25 heavy (non-hydrogen) atoms. The molecule has 0 aliphatic carbocycles. The maximum atomic E-state index is 12.1. The van der Waals surface area contributed by atoms with E-state index in [4.69, 9.17) is 11.6 Å². The van der Waals surface area contributed by atoms with Gasteiger partial charge in [-0.15, -0.1) is 0 Å². The molecule has 1 aromatic carbocycles. The Kier molecular flexibility index (Phi) is 6.83. The average molecular weight is 376 g/mol. The van der Waals surface area contributed by atoms with E-state index in [1.807, 2.05) is 0 Å². The molecular weight excluding hydrogens is 359 g/mol. The van der Waals surface area contributed by atoms with E-state index in [2.05, 4.69) is 15.2 Å². The summed E-state index contributed by atoms with van der Waals surface area (Å²) in [5, 5.41) is 7.33. The predicted octanol–water partition coefficient (Wildman–Crippen LogP) is 3.44. The van der Waals surface area contributed by atoms with E-state index in [1.54, 1.807) is 29.1 Å². The number of alkyl halides is 3. The van der Waals surface area contributed by atoms with Gasteiger partial charge in [0, 0.05) is 24.8 Å². The zero-order valence-corrected chi connectivity index (χ0v) is 14.0. The monoisotopic (exact) mass is 375 g/mol. The standard InChI is InChI=1S/C16H17ClF3N3O2/c17-14-8-22-23(9-14)6-2-5-21-15(24)13-4-1-3-12(7-13)10-25-11-16(18,19)20/h1,3-4,7-9H,2,5-6,10-11H2,(H,21,24). The SMILES string of the molecule is O=C(NCCCn1cc(Cl)cn1)c1cccc(COCC(F)(F)F)c1. The summed E-state index contributed by atoms with van der Waals surface area (Å²) in [6.45, 7) is -0.481. The van der Waals surface area contributed by atoms with Crippen LogP contribution in [0.4, 0.5) is 13.2 Å². The van der Waals surface area contributed by atoms with Crippen LogP contribution >= 0.6 is 11.6 Å². The van der Waals surface area contributed by atoms with Gasteiger partial charge in [0.15, 0.2) is 0 Å². The summed E-state index contributed by atoms with van der Waals surface area (Å²) in [5.41, 5.74) is 0.873. The van der Waals surface area contributed by atoms with E-state index in [0.717, 1.165) is 0 Å². The van der Waals surface area contributed by atoms with Gasteiger partial charge < -0.3 is 10.1 Å². The third-order valence-corrected chi connectivity index (χ3v) is 3.37. The molecule has 2 rings (SSSR count). The number of nitrogens with zero attached hydrogens (tertiary/aromatic N) is 2. The van der Waals surface area contributed by atoms with Crippen LogP contribution in [0.2, 0.25) is 5.02 Å². The molecule has 0 saturated carbocycles. The molecule has 1 amide bonds. The summed E-state index contributed by atoms with van der Waals surface area (Å²) in [4.78, 5) is 12.1. The fraction of sp³-hybridized carbons (Fsp3) is 0.375. The Bertz CT molecular complexity index is 704. The van der Waals surface area contributed by atoms with Crippen molar-refractivity contribution in [3.8, 4) is 0 Å². The van der Waals surface area contributed by atoms with Crippen LogP contribution in [0.1, 0.15) is 22.3 Å². The number of aromatic nitrogens is 2. The Hall–Kier alpha value is -2.06. The van der Waals surface area contributed by atoms with Gasteiger partial charge in [-0.05, 0) is 24.1 Å². The molecule has 0 saturated heterocycles. The van der Waals surface area contributed by atoms with Crippen molar-refractivity contribution in [3.05, 3.63) is 52.8 Å². The minimum atomic E-state index is -4.37. The highest BCUT2D eigenvalue weighted by atomic mass is 35.5. The molecule has 0 spiro atoms. The second-order valence-corrected chi connectivity index (χ2v) is 5.78. The summed E-state index contributed by atoms with van der Waals surface area (Å²) >= 11 is 5.75. The minimum Gasteiger partial charge on any atom is -0.367 e. The van der Waals surface area contributed by atoms with Crippen molar-refractivity contribution >= 4 is 17.5 Å². The maximum absolute atomic E-state index is 12.1. The lowest BCUT2D eigenvalue weighted by Gasteiger charge is -2.09. The number of rotatable bonds is 8. The summed E-state index contributed by atoms with van der Waals surface area (Å²) in [6, 6.07) is 6.32. The number of nitrogens with one attached hydrogen (secondary N) is 1. The molecule has 0 fully saturated rings. The quantitative estimate of drug-likeness (QED) is 0.719. The molecule has 0 aliphatic rings. The van der Waals surface area contributed by atoms with E-state index >= 15 is 0 Å². The van der Waals surface area contributed by atoms with Crippen LogP contribution in [0.3, 0.4) is 0 Å². The molecular formula is C16H17ClF3N3O2. The van der Waals surface area contributed by atoms with E-state index in [1.165, 1.54) is 12.3 Å². The van der Waals surface area contributed by atoms with E-state index in [9.17, 15) is 18.0 Å². The van der Waals surface area contributed by atoms with Crippen LogP contribution in [0.5, 0.6) is 0 Å². The normalized spacial score (nSPS) is 11.5. The molecule has 0 atom stereocenters. The number of hydrogen-bond acceptors (Lipinski definition) is 3. The molecule has 0 unspecified atom stereocenters. The van der Waals surface area contributed by atoms with Gasteiger partial charge in [-0.25, -0.2) is 0 Å². The zero-order chi connectivity index (χ0) is 18.3. The first-order valence-corrected chi connectivity index (χ1v) is 7.91. The van der Waals surface area contributed by atoms with Crippen molar-refractivity contribution in [1.82, 2.24) is 15.1 Å². The zero-order valence-electron chi connectivity index (χ0n) is 13.2. The largest absolute Gasteiger partial charge is 0.411 e. The minimum absolute atomic E-state index is 0.208. The number of amides is 1. The molecule has 2 aromatic rings. The number of halogens is 4. The molecule has 0 radical (unpaired) electrons. The molecule has 136 valence electrons. The Labute approximate surface area is 147 Å². The number of carbonyl (C=O) groups excluding carboxylic acids is 1. The number of benzene rings is 1. The van der Waals surface area contributed by atoms with Crippen molar-refractivity contribution < 1.29 is 22.7 Å². The lowest BCUT2D eigenvalue weighted by Crippen LogP contribution is -2.25. The molecule has 1 aromatic heterocycles. The molecule has 9 heteroatoms. The summed E-state index contributed by atoms with van der Waals surface area (Å²) in [7, 11) is 0. The van der Waals surface area contributed by atoms with Gasteiger partial charge >= 0.3 is 6.18 Å². The highest BCUT2D eigenvalue weighted by Gasteiger charge is 2.27. The van der Waals surface area contributed by atoms with Crippen LogP contribution in [0.25, 0.3) is 0 Å². The summed E-state index contributed by atoms with van der Waals surface area (Å²) in [6.07, 6.45) is -0.480. The molecule has 5 nitrogen and oxygen atoms in total. The second-order valence-electron chi connectivity index (χ2n) is 5.34. The van der Waals surface area contributed by atoms with Crippen molar-refractivity contribution in [2.45, 2.75) is 25.7 Å². The van der Waals surface area contributed by atoms with Crippen LogP contribution in [0, 0.1) is 0 Å². The van der Waals surface area contributed by atoms with Crippen LogP contribution in [-0.4, -0.2) is 35.0 Å². The molecule has 1 heterocycles. The number of ether oxygens (including phenoxy) is 1. The second kappa shape index (κ2) is 8.87. The maximum Gasteiger partial charge on any atom is 0.411 e. The molecule has 0 aliphatic heterocycles. The van der Waals surface area contributed by atoms with Crippen LogP contribution in [-0.2, 0) is 17.9 Å². The van der Waals surface area contributed by atoms with Crippen molar-refractivity contribution in [3.63, 3.8) is 0 Å². The van der Waals surface area contributed by atoms with E-state index in [-0.39, 0.29) is 12.5 Å². The third kappa shape index (κ3) is 7.15. The first-order chi connectivity index (χ1) is 11.8. The smallest absolute Gasteiger partial charge is 0.367 e. The van der Waals surface area contributed by atoms with Gasteiger partial charge in [0.25, 0.3) is 5.91 Å². The van der Waals surface area contributed by atoms with E-state index < -0.39 is 12.8 Å². The highest BCUT2D eigenvalue weighted by Crippen LogP contribution is 2.16. The summed E-state index contributed by atoms with van der Waals surface area (Å²) in [5.74, 6) is -0.295. The van der Waals surface area contributed by atoms with Gasteiger partial charge in [0.1, 0.15) is 6.61 Å². The lowest BCUT2D eigenvalue weighted by atomic mass is 10.1. The molecule has 1 N–H and O–H groups in total. The Morgan fingerprint density at radius 1 is 1.36 bits per heavy atom. The van der Waals surface area contributed by atoms with Gasteiger partial charge in [0.2, 0.25) is 0 Å². The van der Waals surface area contributed by atoms with Crippen LogP contribution < -0.4 is 5.32 Å². The lowest BCUT2D eigenvalue weighted by molar-refractivity contribution is -0.176. The fourth-order valence-electron chi connectivity index (χ4n) is 2.09. The fourth-order valence-corrected chi connectivity index (χ4v) is 2.25. The average Bonchev–Trinajstić information content (AvgIpc) is 2.96. The Morgan fingerprint density at radius 3 is 2.84 bits per heavy atom.